The SMILES string of the molecule is O=C(NCCN1CC(OCc2ccccc2)C1)OCc1ccccc1. The van der Waals surface area contributed by atoms with Crippen LogP contribution in [-0.4, -0.2) is 43.3 Å². The van der Waals surface area contributed by atoms with Crippen LogP contribution in [0.3, 0.4) is 0 Å². The molecule has 132 valence electrons. The number of ether oxygens (including phenoxy) is 2. The minimum atomic E-state index is -0.374. The maximum Gasteiger partial charge on any atom is 0.407 e. The Balaban J connectivity index is 1.22. The summed E-state index contributed by atoms with van der Waals surface area (Å²) in [5.74, 6) is 0. The molecule has 25 heavy (non-hydrogen) atoms. The van der Waals surface area contributed by atoms with Crippen LogP contribution in [0.15, 0.2) is 60.7 Å². The molecule has 3 rings (SSSR count). The zero-order valence-corrected chi connectivity index (χ0v) is 14.3. The Morgan fingerprint density at radius 2 is 1.56 bits per heavy atom. The van der Waals surface area contributed by atoms with Crippen LogP contribution in [-0.2, 0) is 22.7 Å². The fourth-order valence-corrected chi connectivity index (χ4v) is 2.69. The number of likely N-dealkylation sites (tertiary alicyclic amines) is 1. The molecule has 1 heterocycles. The summed E-state index contributed by atoms with van der Waals surface area (Å²) in [5.41, 5.74) is 2.18. The van der Waals surface area contributed by atoms with E-state index in [-0.39, 0.29) is 12.2 Å². The number of carbonyl (C=O) groups excluding carboxylic acids is 1. The van der Waals surface area contributed by atoms with Gasteiger partial charge in [0.1, 0.15) is 6.61 Å². The number of hydrogen-bond acceptors (Lipinski definition) is 4. The molecule has 0 radical (unpaired) electrons. The second kappa shape index (κ2) is 9.20. The first-order valence-corrected chi connectivity index (χ1v) is 8.62. The highest BCUT2D eigenvalue weighted by molar-refractivity contribution is 5.67. The van der Waals surface area contributed by atoms with Gasteiger partial charge in [0.15, 0.2) is 0 Å². The van der Waals surface area contributed by atoms with Crippen molar-refractivity contribution in [1.82, 2.24) is 10.2 Å². The van der Waals surface area contributed by atoms with E-state index in [9.17, 15) is 4.79 Å². The molecule has 1 saturated heterocycles. The molecule has 0 spiro atoms. The molecule has 1 aliphatic rings. The van der Waals surface area contributed by atoms with Gasteiger partial charge >= 0.3 is 6.09 Å². The quantitative estimate of drug-likeness (QED) is 0.803. The molecule has 1 N–H and O–H groups in total. The largest absolute Gasteiger partial charge is 0.445 e. The van der Waals surface area contributed by atoms with Gasteiger partial charge in [-0.15, -0.1) is 0 Å². The summed E-state index contributed by atoms with van der Waals surface area (Å²) in [7, 11) is 0. The molecule has 0 saturated carbocycles. The lowest BCUT2D eigenvalue weighted by molar-refractivity contribution is -0.0616. The number of rotatable bonds is 8. The van der Waals surface area contributed by atoms with Gasteiger partial charge in [-0.3, -0.25) is 4.90 Å². The normalized spacial score (nSPS) is 14.7. The molecule has 5 heteroatoms. The highest BCUT2D eigenvalue weighted by Gasteiger charge is 2.26. The second-order valence-electron chi connectivity index (χ2n) is 6.17. The van der Waals surface area contributed by atoms with Gasteiger partial charge in [0.2, 0.25) is 0 Å². The number of alkyl carbamates (subject to hydrolysis) is 1. The lowest BCUT2D eigenvalue weighted by Crippen LogP contribution is -2.54. The van der Waals surface area contributed by atoms with Gasteiger partial charge in [-0.05, 0) is 11.1 Å². The minimum absolute atomic E-state index is 0.283. The summed E-state index contributed by atoms with van der Waals surface area (Å²) in [6, 6.07) is 19.9. The van der Waals surface area contributed by atoms with Gasteiger partial charge in [0.05, 0.1) is 12.7 Å². The molecular weight excluding hydrogens is 316 g/mol. The molecule has 5 nitrogen and oxygen atoms in total. The Kier molecular flexibility index (Phi) is 6.42. The molecule has 1 aliphatic heterocycles. The van der Waals surface area contributed by atoms with E-state index in [1.165, 1.54) is 5.56 Å². The third kappa shape index (κ3) is 5.89. The summed E-state index contributed by atoms with van der Waals surface area (Å²) < 4.78 is 11.0. The van der Waals surface area contributed by atoms with Gasteiger partial charge in [0, 0.05) is 26.2 Å². The van der Waals surface area contributed by atoms with Crippen molar-refractivity contribution in [1.29, 1.82) is 0 Å². The van der Waals surface area contributed by atoms with Crippen LogP contribution >= 0.6 is 0 Å². The van der Waals surface area contributed by atoms with Crippen LogP contribution in [0, 0.1) is 0 Å². The maximum atomic E-state index is 11.7. The molecule has 0 atom stereocenters. The zero-order chi connectivity index (χ0) is 17.3. The van der Waals surface area contributed by atoms with E-state index >= 15 is 0 Å². The molecular formula is C20H24N2O3. The molecule has 1 amide bonds. The third-order valence-corrected chi connectivity index (χ3v) is 4.16. The Labute approximate surface area is 148 Å². The van der Waals surface area contributed by atoms with Crippen LogP contribution in [0.4, 0.5) is 4.79 Å². The number of hydrogen-bond donors (Lipinski definition) is 1. The van der Waals surface area contributed by atoms with Crippen LogP contribution in [0.5, 0.6) is 0 Å². The fourth-order valence-electron chi connectivity index (χ4n) is 2.69. The van der Waals surface area contributed by atoms with E-state index in [4.69, 9.17) is 9.47 Å². The standard InChI is InChI=1S/C20H24N2O3/c23-20(25-16-18-9-5-2-6-10-18)21-11-12-22-13-19(14-22)24-15-17-7-3-1-4-8-17/h1-10,19H,11-16H2,(H,21,23). The van der Waals surface area contributed by atoms with Crippen molar-refractivity contribution < 1.29 is 14.3 Å². The molecule has 2 aromatic rings. The van der Waals surface area contributed by atoms with Crippen molar-refractivity contribution in [2.45, 2.75) is 19.3 Å². The lowest BCUT2D eigenvalue weighted by atomic mass is 10.1. The van der Waals surface area contributed by atoms with Gasteiger partial charge < -0.3 is 14.8 Å². The predicted octanol–water partition coefficient (Wildman–Crippen LogP) is 2.81. The topological polar surface area (TPSA) is 50.8 Å². The molecule has 0 aliphatic carbocycles. The van der Waals surface area contributed by atoms with Crippen molar-refractivity contribution in [3.8, 4) is 0 Å². The van der Waals surface area contributed by atoms with Crippen molar-refractivity contribution >= 4 is 6.09 Å². The van der Waals surface area contributed by atoms with Gasteiger partial charge in [0.25, 0.3) is 0 Å². The number of benzene rings is 2. The summed E-state index contributed by atoms with van der Waals surface area (Å²) in [6.45, 7) is 4.17. The molecule has 0 unspecified atom stereocenters. The first-order valence-electron chi connectivity index (χ1n) is 8.62. The van der Waals surface area contributed by atoms with Crippen LogP contribution in [0.2, 0.25) is 0 Å². The minimum Gasteiger partial charge on any atom is -0.445 e. The van der Waals surface area contributed by atoms with E-state index in [0.29, 0.717) is 19.8 Å². The Hall–Kier alpha value is -2.37. The van der Waals surface area contributed by atoms with Crippen molar-refractivity contribution in [3.05, 3.63) is 71.8 Å². The number of amides is 1. The monoisotopic (exact) mass is 340 g/mol. The summed E-state index contributed by atoms with van der Waals surface area (Å²) in [6.07, 6.45) is -0.0912. The summed E-state index contributed by atoms with van der Waals surface area (Å²) in [4.78, 5) is 13.9. The highest BCUT2D eigenvalue weighted by Crippen LogP contribution is 2.13. The zero-order valence-electron chi connectivity index (χ0n) is 14.3. The number of carbonyl (C=O) groups is 1. The van der Waals surface area contributed by atoms with Crippen LogP contribution < -0.4 is 5.32 Å². The first kappa shape index (κ1) is 17.5. The van der Waals surface area contributed by atoms with E-state index in [2.05, 4.69) is 22.3 Å². The van der Waals surface area contributed by atoms with Crippen molar-refractivity contribution in [3.63, 3.8) is 0 Å². The lowest BCUT2D eigenvalue weighted by Gasteiger charge is -2.38. The highest BCUT2D eigenvalue weighted by atomic mass is 16.5. The van der Waals surface area contributed by atoms with E-state index < -0.39 is 0 Å². The van der Waals surface area contributed by atoms with E-state index in [0.717, 1.165) is 25.2 Å². The van der Waals surface area contributed by atoms with Crippen molar-refractivity contribution in [2.24, 2.45) is 0 Å². The van der Waals surface area contributed by atoms with Gasteiger partial charge in [-0.25, -0.2) is 4.79 Å². The van der Waals surface area contributed by atoms with E-state index in [1.807, 2.05) is 48.5 Å². The number of nitrogens with one attached hydrogen (secondary N) is 1. The summed E-state index contributed by atoms with van der Waals surface area (Å²) in [5, 5.41) is 2.78. The summed E-state index contributed by atoms with van der Waals surface area (Å²) >= 11 is 0. The van der Waals surface area contributed by atoms with Gasteiger partial charge in [-0.1, -0.05) is 60.7 Å². The fraction of sp³-hybridized carbons (Fsp3) is 0.350. The number of nitrogens with zero attached hydrogens (tertiary/aromatic N) is 1. The Bertz CT molecular complexity index is 643. The third-order valence-electron chi connectivity index (χ3n) is 4.16. The Morgan fingerprint density at radius 3 is 2.20 bits per heavy atom. The predicted molar refractivity (Wildman–Crippen MR) is 96.1 cm³/mol. The Morgan fingerprint density at radius 1 is 0.960 bits per heavy atom. The molecule has 1 fully saturated rings. The average Bonchev–Trinajstić information content (AvgIpc) is 2.63. The average molecular weight is 340 g/mol. The molecule has 0 bridgehead atoms. The molecule has 2 aromatic carbocycles. The van der Waals surface area contributed by atoms with Crippen molar-refractivity contribution in [2.75, 3.05) is 26.2 Å². The van der Waals surface area contributed by atoms with E-state index in [1.54, 1.807) is 0 Å². The maximum absolute atomic E-state index is 11.7. The first-order chi connectivity index (χ1) is 12.3. The van der Waals surface area contributed by atoms with Gasteiger partial charge in [-0.2, -0.15) is 0 Å². The van der Waals surface area contributed by atoms with Crippen LogP contribution in [0.1, 0.15) is 11.1 Å². The molecule has 0 aromatic heterocycles. The van der Waals surface area contributed by atoms with Crippen LogP contribution in [0.25, 0.3) is 0 Å². The smallest absolute Gasteiger partial charge is 0.407 e. The second-order valence-corrected chi connectivity index (χ2v) is 6.17.